The molecule has 0 aliphatic heterocycles. The van der Waals surface area contributed by atoms with Crippen molar-refractivity contribution in [2.45, 2.75) is 13.3 Å². The van der Waals surface area contributed by atoms with E-state index in [-0.39, 0.29) is 5.78 Å². The van der Waals surface area contributed by atoms with Gasteiger partial charge in [-0.15, -0.1) is 0 Å². The molecule has 0 aromatic heterocycles. The van der Waals surface area contributed by atoms with Gasteiger partial charge in [0.15, 0.2) is 5.78 Å². The number of ketones is 1. The molecule has 1 rings (SSSR count). The normalized spacial score (nSPS) is 11.0. The number of aryl methyl sites for hydroxylation is 1. The second kappa shape index (κ2) is 9.64. The molecule has 1 aromatic carbocycles. The van der Waals surface area contributed by atoms with Gasteiger partial charge in [0, 0.05) is 39.5 Å². The molecule has 0 N–H and O–H groups in total. The van der Waals surface area contributed by atoms with E-state index in [9.17, 15) is 4.79 Å². The lowest BCUT2D eigenvalue weighted by molar-refractivity contribution is 0.0877. The van der Waals surface area contributed by atoms with Gasteiger partial charge in [-0.1, -0.05) is 23.8 Å². The first kappa shape index (κ1) is 16.8. The minimum absolute atomic E-state index is 0.155. The zero-order chi connectivity index (χ0) is 14.8. The van der Waals surface area contributed by atoms with Gasteiger partial charge in [0.1, 0.15) is 0 Å². The van der Waals surface area contributed by atoms with E-state index in [1.165, 1.54) is 0 Å². The summed E-state index contributed by atoms with van der Waals surface area (Å²) in [6, 6.07) is 7.73. The van der Waals surface area contributed by atoms with Gasteiger partial charge in [-0.25, -0.2) is 0 Å². The minimum atomic E-state index is 0.155. The van der Waals surface area contributed by atoms with E-state index in [2.05, 4.69) is 4.90 Å². The fourth-order valence-corrected chi connectivity index (χ4v) is 2.04. The minimum Gasteiger partial charge on any atom is -0.385 e. The largest absolute Gasteiger partial charge is 0.385 e. The molecule has 0 bridgehead atoms. The van der Waals surface area contributed by atoms with Gasteiger partial charge in [-0.05, 0) is 19.4 Å². The SMILES string of the molecule is COCCCN(CCOC)CC(=O)c1cccc(C)c1. The molecule has 0 fully saturated rings. The Morgan fingerprint density at radius 1 is 1.15 bits per heavy atom. The Balaban J connectivity index is 2.55. The van der Waals surface area contributed by atoms with E-state index >= 15 is 0 Å². The lowest BCUT2D eigenvalue weighted by Crippen LogP contribution is -2.34. The summed E-state index contributed by atoms with van der Waals surface area (Å²) in [5, 5.41) is 0. The van der Waals surface area contributed by atoms with Gasteiger partial charge in [0.05, 0.1) is 13.2 Å². The molecular formula is C16H25NO3. The van der Waals surface area contributed by atoms with Crippen LogP contribution in [0, 0.1) is 6.92 Å². The van der Waals surface area contributed by atoms with E-state index < -0.39 is 0 Å². The van der Waals surface area contributed by atoms with E-state index in [1.54, 1.807) is 14.2 Å². The van der Waals surface area contributed by atoms with Crippen molar-refractivity contribution in [3.8, 4) is 0 Å². The highest BCUT2D eigenvalue weighted by Gasteiger charge is 2.12. The Labute approximate surface area is 121 Å². The summed E-state index contributed by atoms with van der Waals surface area (Å²) in [5.41, 5.74) is 1.89. The standard InChI is InChI=1S/C16H25NO3/c1-14-6-4-7-15(12-14)16(18)13-17(9-11-20-3)8-5-10-19-2/h4,6-7,12H,5,8-11,13H2,1-3H3. The average Bonchev–Trinajstić information content (AvgIpc) is 2.44. The molecule has 0 saturated heterocycles. The first-order chi connectivity index (χ1) is 9.67. The van der Waals surface area contributed by atoms with E-state index in [0.717, 1.165) is 30.6 Å². The molecule has 112 valence electrons. The average molecular weight is 279 g/mol. The molecule has 0 amide bonds. The molecule has 0 saturated carbocycles. The van der Waals surface area contributed by atoms with Crippen molar-refractivity contribution in [1.82, 2.24) is 4.90 Å². The van der Waals surface area contributed by atoms with Crippen LogP contribution in [0.25, 0.3) is 0 Å². The Morgan fingerprint density at radius 2 is 1.90 bits per heavy atom. The molecule has 0 unspecified atom stereocenters. The summed E-state index contributed by atoms with van der Waals surface area (Å²) in [4.78, 5) is 14.4. The number of methoxy groups -OCH3 is 2. The predicted molar refractivity (Wildman–Crippen MR) is 80.3 cm³/mol. The van der Waals surface area contributed by atoms with Crippen LogP contribution in [0.2, 0.25) is 0 Å². The van der Waals surface area contributed by atoms with Gasteiger partial charge in [0.25, 0.3) is 0 Å². The molecule has 1 aromatic rings. The Hall–Kier alpha value is -1.23. The second-order valence-corrected chi connectivity index (χ2v) is 4.91. The van der Waals surface area contributed by atoms with E-state index in [0.29, 0.717) is 19.8 Å². The molecule has 0 aliphatic carbocycles. The van der Waals surface area contributed by atoms with Gasteiger partial charge in [0.2, 0.25) is 0 Å². The second-order valence-electron chi connectivity index (χ2n) is 4.91. The number of nitrogens with zero attached hydrogens (tertiary/aromatic N) is 1. The highest BCUT2D eigenvalue weighted by molar-refractivity contribution is 5.97. The van der Waals surface area contributed by atoms with Crippen LogP contribution in [0.3, 0.4) is 0 Å². The molecule has 0 heterocycles. The van der Waals surface area contributed by atoms with Crippen LogP contribution in [0.5, 0.6) is 0 Å². The summed E-state index contributed by atoms with van der Waals surface area (Å²) >= 11 is 0. The number of ether oxygens (including phenoxy) is 2. The molecule has 4 heteroatoms. The van der Waals surface area contributed by atoms with Crippen molar-refractivity contribution in [1.29, 1.82) is 0 Å². The molecule has 20 heavy (non-hydrogen) atoms. The van der Waals surface area contributed by atoms with Gasteiger partial charge in [-0.3, -0.25) is 9.69 Å². The lowest BCUT2D eigenvalue weighted by Gasteiger charge is -2.21. The van der Waals surface area contributed by atoms with Gasteiger partial charge < -0.3 is 9.47 Å². The predicted octanol–water partition coefficient (Wildman–Crippen LogP) is 2.16. The van der Waals surface area contributed by atoms with Crippen molar-refractivity contribution >= 4 is 5.78 Å². The van der Waals surface area contributed by atoms with Crippen LogP contribution in [-0.2, 0) is 9.47 Å². The fraction of sp³-hybridized carbons (Fsp3) is 0.562. The molecule has 0 spiro atoms. The van der Waals surface area contributed by atoms with Crippen LogP contribution in [0.4, 0.5) is 0 Å². The third kappa shape index (κ3) is 6.28. The topological polar surface area (TPSA) is 38.8 Å². The smallest absolute Gasteiger partial charge is 0.176 e. The van der Waals surface area contributed by atoms with Gasteiger partial charge >= 0.3 is 0 Å². The Morgan fingerprint density at radius 3 is 2.55 bits per heavy atom. The molecule has 4 nitrogen and oxygen atoms in total. The summed E-state index contributed by atoms with van der Waals surface area (Å²) < 4.78 is 10.2. The van der Waals surface area contributed by atoms with Crippen molar-refractivity contribution in [2.75, 3.05) is 47.1 Å². The number of hydrogen-bond donors (Lipinski definition) is 0. The summed E-state index contributed by atoms with van der Waals surface area (Å²) in [7, 11) is 3.37. The number of rotatable bonds is 10. The van der Waals surface area contributed by atoms with Crippen LogP contribution < -0.4 is 0 Å². The Kier molecular flexibility index (Phi) is 8.11. The number of carbonyl (C=O) groups is 1. The van der Waals surface area contributed by atoms with Crippen molar-refractivity contribution in [3.05, 3.63) is 35.4 Å². The highest BCUT2D eigenvalue weighted by atomic mass is 16.5. The monoisotopic (exact) mass is 279 g/mol. The first-order valence-corrected chi connectivity index (χ1v) is 6.97. The quantitative estimate of drug-likeness (QED) is 0.486. The fourth-order valence-electron chi connectivity index (χ4n) is 2.04. The van der Waals surface area contributed by atoms with Gasteiger partial charge in [-0.2, -0.15) is 0 Å². The van der Waals surface area contributed by atoms with E-state index in [4.69, 9.17) is 9.47 Å². The maximum absolute atomic E-state index is 12.3. The molecule has 0 aliphatic rings. The third-order valence-electron chi connectivity index (χ3n) is 3.14. The van der Waals surface area contributed by atoms with Crippen molar-refractivity contribution in [3.63, 3.8) is 0 Å². The van der Waals surface area contributed by atoms with Crippen molar-refractivity contribution in [2.24, 2.45) is 0 Å². The number of Topliss-reactive ketones (excluding diaryl/α,β-unsaturated/α-hetero) is 1. The highest BCUT2D eigenvalue weighted by Crippen LogP contribution is 2.06. The van der Waals surface area contributed by atoms with Crippen LogP contribution in [0.15, 0.2) is 24.3 Å². The van der Waals surface area contributed by atoms with Crippen LogP contribution >= 0.6 is 0 Å². The summed E-state index contributed by atoms with van der Waals surface area (Å²) in [5.74, 6) is 0.155. The first-order valence-electron chi connectivity index (χ1n) is 6.97. The maximum Gasteiger partial charge on any atom is 0.176 e. The van der Waals surface area contributed by atoms with E-state index in [1.807, 2.05) is 31.2 Å². The Bertz CT molecular complexity index is 406. The number of hydrogen-bond acceptors (Lipinski definition) is 4. The molecular weight excluding hydrogens is 254 g/mol. The van der Waals surface area contributed by atoms with Crippen LogP contribution in [0.1, 0.15) is 22.3 Å². The van der Waals surface area contributed by atoms with Crippen LogP contribution in [-0.4, -0.2) is 57.8 Å². The molecule has 0 radical (unpaired) electrons. The summed E-state index contributed by atoms with van der Waals surface area (Å²) in [6.45, 7) is 5.37. The molecule has 0 atom stereocenters. The zero-order valence-corrected chi connectivity index (χ0v) is 12.7. The number of carbonyl (C=O) groups excluding carboxylic acids is 1. The maximum atomic E-state index is 12.3. The number of benzene rings is 1. The summed E-state index contributed by atoms with van der Waals surface area (Å²) in [6.07, 6.45) is 0.918. The lowest BCUT2D eigenvalue weighted by atomic mass is 10.1. The van der Waals surface area contributed by atoms with Crippen molar-refractivity contribution < 1.29 is 14.3 Å². The third-order valence-corrected chi connectivity index (χ3v) is 3.14. The zero-order valence-electron chi connectivity index (χ0n) is 12.7.